The van der Waals surface area contributed by atoms with Gasteiger partial charge in [-0.2, -0.15) is 0 Å². The molecule has 0 heterocycles. The Bertz CT molecular complexity index is 1700. The molecule has 0 N–H and O–H groups in total. The van der Waals surface area contributed by atoms with E-state index in [1.165, 1.54) is 31.8 Å². The van der Waals surface area contributed by atoms with Gasteiger partial charge in [-0.15, -0.1) is 0 Å². The molecule has 0 aliphatic rings. The fourth-order valence-electron chi connectivity index (χ4n) is 5.75. The molecule has 6 rings (SSSR count). The van der Waals surface area contributed by atoms with Gasteiger partial charge in [0.25, 0.3) is 0 Å². The Morgan fingerprint density at radius 2 is 0.674 bits per heavy atom. The van der Waals surface area contributed by atoms with Gasteiger partial charge in [0.1, 0.15) is 0 Å². The molecule has 1 atom stereocenters. The van der Waals surface area contributed by atoms with E-state index in [1.807, 2.05) is 0 Å². The normalized spacial score (nSPS) is 12.6. The van der Waals surface area contributed by atoms with Crippen molar-refractivity contribution in [2.75, 3.05) is 6.16 Å². The molecule has 1 unspecified atom stereocenters. The van der Waals surface area contributed by atoms with Crippen LogP contribution in [0, 0.1) is 0 Å². The van der Waals surface area contributed by atoms with Crippen molar-refractivity contribution in [1.82, 2.24) is 0 Å². The SMILES string of the molecule is [Se]=P(CC(P(c1ccccc1)c1ccccc1)P(=[Se])(c1ccccc1)c1ccccc1)(c1ccccc1)c1ccccc1. The van der Waals surface area contributed by atoms with Crippen molar-refractivity contribution < 1.29 is 0 Å². The van der Waals surface area contributed by atoms with Gasteiger partial charge < -0.3 is 0 Å². The summed E-state index contributed by atoms with van der Waals surface area (Å²) in [5, 5.41) is 8.83. The first-order valence-corrected chi connectivity index (χ1v) is 24.1. The molecule has 0 saturated heterocycles. The predicted molar refractivity (Wildman–Crippen MR) is 197 cm³/mol. The minimum atomic E-state index is -2.10. The van der Waals surface area contributed by atoms with Crippen LogP contribution in [0.5, 0.6) is 0 Å². The number of hydrogen-bond acceptors (Lipinski definition) is 0. The molecule has 43 heavy (non-hydrogen) atoms. The second-order valence-electron chi connectivity index (χ2n) is 10.4. The molecule has 6 aromatic rings. The van der Waals surface area contributed by atoms with E-state index in [9.17, 15) is 0 Å². The predicted octanol–water partition coefficient (Wildman–Crippen LogP) is 6.95. The van der Waals surface area contributed by atoms with E-state index in [-0.39, 0.29) is 0 Å². The molecular weight excluding hydrogens is 707 g/mol. The van der Waals surface area contributed by atoms with E-state index in [0.717, 1.165) is 6.16 Å². The maximum absolute atomic E-state index is 4.00. The zero-order chi connectivity index (χ0) is 29.5. The molecular formula is C38H33P3Se2. The molecule has 5 heteroatoms. The molecule has 0 spiro atoms. The third-order valence-electron chi connectivity index (χ3n) is 7.83. The first kappa shape index (κ1) is 30.7. The van der Waals surface area contributed by atoms with Gasteiger partial charge in [-0.3, -0.25) is 0 Å². The van der Waals surface area contributed by atoms with Crippen molar-refractivity contribution >= 4 is 81.0 Å². The Morgan fingerprint density at radius 1 is 0.395 bits per heavy atom. The first-order valence-electron chi connectivity index (χ1n) is 14.4. The van der Waals surface area contributed by atoms with Crippen LogP contribution in [-0.4, -0.2) is 41.8 Å². The van der Waals surface area contributed by atoms with Crippen LogP contribution in [0.25, 0.3) is 0 Å². The summed E-state index contributed by atoms with van der Waals surface area (Å²) < 4.78 is 0. The molecule has 0 aliphatic heterocycles. The fourth-order valence-corrected chi connectivity index (χ4v) is 26.9. The van der Waals surface area contributed by atoms with Crippen LogP contribution in [0.1, 0.15) is 0 Å². The maximum atomic E-state index is 4.00. The van der Waals surface area contributed by atoms with E-state index < -0.39 is 18.9 Å². The molecule has 212 valence electrons. The van der Waals surface area contributed by atoms with E-state index in [2.05, 4.69) is 212 Å². The Kier molecular flexibility index (Phi) is 10.1. The summed E-state index contributed by atoms with van der Waals surface area (Å²) in [4.78, 5) is 0. The first-order chi connectivity index (χ1) is 21.1. The summed E-state index contributed by atoms with van der Waals surface area (Å²) in [5.41, 5.74) is -4.06. The van der Waals surface area contributed by atoms with E-state index in [4.69, 9.17) is 0 Å². The quantitative estimate of drug-likeness (QED) is 0.106. The van der Waals surface area contributed by atoms with Crippen LogP contribution in [0.4, 0.5) is 0 Å². The topological polar surface area (TPSA) is 0 Å². The van der Waals surface area contributed by atoms with Crippen molar-refractivity contribution in [3.63, 3.8) is 0 Å². The van der Waals surface area contributed by atoms with Crippen molar-refractivity contribution in [3.8, 4) is 0 Å². The summed E-state index contributed by atoms with van der Waals surface area (Å²) >= 11 is 7.91. The molecule has 0 aliphatic carbocycles. The molecule has 0 bridgehead atoms. The van der Waals surface area contributed by atoms with Gasteiger partial charge >= 0.3 is 275 Å². The number of rotatable bonds is 10. The van der Waals surface area contributed by atoms with Crippen molar-refractivity contribution in [1.29, 1.82) is 0 Å². The van der Waals surface area contributed by atoms with Gasteiger partial charge in [0.2, 0.25) is 0 Å². The Hall–Kier alpha value is -2.35. The van der Waals surface area contributed by atoms with Crippen molar-refractivity contribution in [2.45, 2.75) is 5.40 Å². The van der Waals surface area contributed by atoms with E-state index >= 15 is 0 Å². The Labute approximate surface area is 272 Å². The zero-order valence-corrected chi connectivity index (χ0v) is 29.9. The summed E-state index contributed by atoms with van der Waals surface area (Å²) in [7, 11) is -0.769. The van der Waals surface area contributed by atoms with Gasteiger partial charge in [-0.05, 0) is 0 Å². The summed E-state index contributed by atoms with van der Waals surface area (Å²) in [6.07, 6.45) is 1.04. The Balaban J connectivity index is 1.68. The molecule has 0 saturated carbocycles. The number of benzene rings is 6. The summed E-state index contributed by atoms with van der Waals surface area (Å²) in [6.45, 7) is 0. The van der Waals surface area contributed by atoms with Gasteiger partial charge in [-0.25, -0.2) is 0 Å². The molecule has 0 aromatic heterocycles. The molecule has 0 amide bonds. The minimum absolute atomic E-state index is 0.326. The average Bonchev–Trinajstić information content (AvgIpc) is 3.10. The van der Waals surface area contributed by atoms with Gasteiger partial charge in [-0.1, -0.05) is 0 Å². The third-order valence-corrected chi connectivity index (χ3v) is 27.8. The van der Waals surface area contributed by atoms with E-state index in [0.29, 0.717) is 5.40 Å². The standard InChI is InChI=1S/C38H33P3Se2/c42-40(34-23-11-3-12-24-34,35-25-13-4-14-26-35)31-38(39(32-19-7-1-8-20-32)33-21-9-2-10-22-33)41(43,36-27-15-5-16-28-36)37-29-17-6-18-30-37/h1-30,38H,31H2. The number of hydrogen-bond donors (Lipinski definition) is 0. The van der Waals surface area contributed by atoms with Crippen LogP contribution in [0.15, 0.2) is 182 Å². The second kappa shape index (κ2) is 14.2. The monoisotopic (exact) mass is 742 g/mol. The van der Waals surface area contributed by atoms with Crippen LogP contribution < -0.4 is 31.8 Å². The van der Waals surface area contributed by atoms with Crippen LogP contribution >= 0.6 is 18.9 Å². The zero-order valence-electron chi connectivity index (χ0n) is 23.8. The van der Waals surface area contributed by atoms with Gasteiger partial charge in [0.05, 0.1) is 0 Å². The summed E-state index contributed by atoms with van der Waals surface area (Å²) in [6, 6.07) is 67.6. The van der Waals surface area contributed by atoms with Crippen LogP contribution in [-0.2, 0) is 0 Å². The molecule has 6 aromatic carbocycles. The van der Waals surface area contributed by atoms with Gasteiger partial charge in [0, 0.05) is 0 Å². The third kappa shape index (κ3) is 6.55. The molecule has 0 fully saturated rings. The molecule has 0 radical (unpaired) electrons. The van der Waals surface area contributed by atoms with Crippen LogP contribution in [0.2, 0.25) is 0 Å². The van der Waals surface area contributed by atoms with Crippen molar-refractivity contribution in [3.05, 3.63) is 182 Å². The summed E-state index contributed by atoms with van der Waals surface area (Å²) in [5.74, 6) is 0. The average molecular weight is 741 g/mol. The van der Waals surface area contributed by atoms with Crippen LogP contribution in [0.3, 0.4) is 0 Å². The van der Waals surface area contributed by atoms with Gasteiger partial charge in [0.15, 0.2) is 0 Å². The molecule has 0 nitrogen and oxygen atoms in total. The Morgan fingerprint density at radius 3 is 1.00 bits per heavy atom. The van der Waals surface area contributed by atoms with E-state index in [1.54, 1.807) is 0 Å². The fraction of sp³-hybridized carbons (Fsp3) is 0.0526. The van der Waals surface area contributed by atoms with Crippen molar-refractivity contribution in [2.24, 2.45) is 0 Å². The second-order valence-corrected chi connectivity index (χ2v) is 26.6.